The van der Waals surface area contributed by atoms with E-state index < -0.39 is 24.3 Å². The van der Waals surface area contributed by atoms with Gasteiger partial charge in [-0.15, -0.1) is 0 Å². The van der Waals surface area contributed by atoms with Crippen LogP contribution < -0.4 is 14.6 Å². The summed E-state index contributed by atoms with van der Waals surface area (Å²) in [6, 6.07) is 11.7. The Bertz CT molecular complexity index is 954. The van der Waals surface area contributed by atoms with Crippen LogP contribution in [0.4, 0.5) is 0 Å². The fourth-order valence-electron chi connectivity index (χ4n) is 2.73. The maximum absolute atomic E-state index is 12.6. The third-order valence-corrected chi connectivity index (χ3v) is 9.78. The van der Waals surface area contributed by atoms with Crippen LogP contribution in [0.3, 0.4) is 0 Å². The molecular weight excluding hydrogens is 411 g/mol. The number of fused-ring (bicyclic) bond motifs is 3. The Labute approximate surface area is 144 Å². The van der Waals surface area contributed by atoms with Crippen LogP contribution in [-0.2, 0) is 4.79 Å². The molecule has 0 spiro atoms. The molecule has 0 fully saturated rings. The first kappa shape index (κ1) is 16.8. The molecule has 6 heteroatoms. The van der Waals surface area contributed by atoms with Crippen molar-refractivity contribution >= 4 is 55.7 Å². The Hall–Kier alpha value is -2.02. The molecule has 0 aliphatic carbocycles. The molecule has 0 radical (unpaired) electrons. The molecule has 0 bridgehead atoms. The zero-order valence-electron chi connectivity index (χ0n) is 14.0. The topological polar surface area (TPSA) is 85.3 Å². The van der Waals surface area contributed by atoms with Crippen molar-refractivity contribution < 1.29 is 14.0 Å². The number of nitrogens with one attached hydrogen (secondary N) is 1. The molecule has 0 saturated heterocycles. The Morgan fingerprint density at radius 3 is 2.50 bits per heavy atom. The van der Waals surface area contributed by atoms with Gasteiger partial charge in [0.25, 0.3) is 0 Å². The average Bonchev–Trinajstić information content (AvgIpc) is 2.89. The van der Waals surface area contributed by atoms with E-state index in [0.717, 1.165) is 16.4 Å². The fraction of sp³-hybridized carbons (Fsp3) is 0.222. The molecule has 0 unspecified atom stereocenters. The van der Waals surface area contributed by atoms with Crippen LogP contribution in [0.2, 0.25) is 14.8 Å². The average molecular weight is 431 g/mol. The number of hydrogen-bond acceptors (Lipinski definition) is 3. The first-order valence-corrected chi connectivity index (χ1v) is 17.8. The number of benzene rings is 2. The number of amides is 2. The second-order valence-corrected chi connectivity index (χ2v) is 21.4. The molecule has 2 amide bonds. The molecule has 3 rings (SSSR count). The third kappa shape index (κ3) is 3.13. The van der Waals surface area contributed by atoms with Crippen LogP contribution in [0.25, 0.3) is 21.9 Å². The van der Waals surface area contributed by atoms with Crippen molar-refractivity contribution in [2.24, 2.45) is 5.73 Å². The summed E-state index contributed by atoms with van der Waals surface area (Å²) in [5.41, 5.74) is 7.14. The summed E-state index contributed by atoms with van der Waals surface area (Å²) in [6.07, 6.45) is 0. The summed E-state index contributed by atoms with van der Waals surface area (Å²) in [5, 5.41) is 4.27. The number of nitrogens with two attached hydrogens (primary N) is 1. The second-order valence-electron chi connectivity index (χ2n) is 6.89. The summed E-state index contributed by atoms with van der Waals surface area (Å²) >= 11 is -2.42. The number of primary amides is 1. The van der Waals surface area contributed by atoms with Crippen molar-refractivity contribution in [1.82, 2.24) is 5.32 Å². The summed E-state index contributed by atoms with van der Waals surface area (Å²) in [4.78, 5) is 30.5. The SMILES string of the molecule is [CH3][Sn]([CH3])([CH3])[c]1cc(C(=O)NCC(N)=O)c2c(c1)oc1ccccc12. The van der Waals surface area contributed by atoms with Crippen molar-refractivity contribution in [2.75, 3.05) is 6.54 Å². The van der Waals surface area contributed by atoms with E-state index in [9.17, 15) is 9.59 Å². The number of furan rings is 1. The fourth-order valence-corrected chi connectivity index (χ4v) is 5.99. The number of hydrogen-bond donors (Lipinski definition) is 2. The van der Waals surface area contributed by atoms with E-state index in [1.54, 1.807) is 0 Å². The van der Waals surface area contributed by atoms with Gasteiger partial charge < -0.3 is 0 Å². The molecule has 2 aromatic carbocycles. The van der Waals surface area contributed by atoms with E-state index in [1.807, 2.05) is 30.3 Å². The molecule has 3 N–H and O–H groups in total. The van der Waals surface area contributed by atoms with Crippen LogP contribution in [0.1, 0.15) is 10.4 Å². The monoisotopic (exact) mass is 432 g/mol. The van der Waals surface area contributed by atoms with Gasteiger partial charge in [-0.2, -0.15) is 0 Å². The van der Waals surface area contributed by atoms with Gasteiger partial charge in [0.05, 0.1) is 0 Å². The predicted octanol–water partition coefficient (Wildman–Crippen LogP) is 2.35. The van der Waals surface area contributed by atoms with Gasteiger partial charge in [0.1, 0.15) is 0 Å². The van der Waals surface area contributed by atoms with Crippen LogP contribution in [0, 0.1) is 0 Å². The van der Waals surface area contributed by atoms with E-state index in [0.29, 0.717) is 11.1 Å². The summed E-state index contributed by atoms with van der Waals surface area (Å²) in [6.45, 7) is -0.181. The standard InChI is InChI=1S/C15H11N2O3.3CH3.Sn/c16-13(18)8-17-15(19)10-5-3-7-12-14(10)9-4-1-2-6-11(9)20-12;;;;/h1-2,4-7H,8H2,(H2,16,18)(H,17,19);3*1H3;. The van der Waals surface area contributed by atoms with E-state index in [4.69, 9.17) is 10.2 Å². The van der Waals surface area contributed by atoms with E-state index in [2.05, 4.69) is 26.2 Å². The Kier molecular flexibility index (Phi) is 4.29. The van der Waals surface area contributed by atoms with Crippen molar-refractivity contribution in [3.8, 4) is 0 Å². The van der Waals surface area contributed by atoms with Gasteiger partial charge in [0.2, 0.25) is 0 Å². The van der Waals surface area contributed by atoms with Gasteiger partial charge in [-0.3, -0.25) is 0 Å². The van der Waals surface area contributed by atoms with E-state index >= 15 is 0 Å². The summed E-state index contributed by atoms with van der Waals surface area (Å²) in [5.74, 6) is -0.870. The molecule has 24 heavy (non-hydrogen) atoms. The molecule has 0 saturated carbocycles. The molecule has 0 atom stereocenters. The van der Waals surface area contributed by atoms with Gasteiger partial charge in [-0.1, -0.05) is 0 Å². The Morgan fingerprint density at radius 2 is 1.83 bits per heavy atom. The Balaban J connectivity index is 2.26. The molecule has 1 aromatic heterocycles. The molecule has 124 valence electrons. The van der Waals surface area contributed by atoms with Crippen LogP contribution in [0.5, 0.6) is 0 Å². The van der Waals surface area contributed by atoms with Crippen molar-refractivity contribution in [3.63, 3.8) is 0 Å². The quantitative estimate of drug-likeness (QED) is 0.623. The molecule has 5 nitrogen and oxygen atoms in total. The zero-order chi connectivity index (χ0) is 17.5. The number of para-hydroxylation sites is 1. The van der Waals surface area contributed by atoms with Gasteiger partial charge in [-0.25, -0.2) is 0 Å². The first-order chi connectivity index (χ1) is 11.3. The molecule has 1 heterocycles. The van der Waals surface area contributed by atoms with Crippen molar-refractivity contribution in [2.45, 2.75) is 14.8 Å². The minimum absolute atomic E-state index is 0.181. The van der Waals surface area contributed by atoms with E-state index in [1.165, 1.54) is 3.58 Å². The first-order valence-electron chi connectivity index (χ1n) is 7.79. The minimum atomic E-state index is -2.42. The Morgan fingerprint density at radius 1 is 1.12 bits per heavy atom. The van der Waals surface area contributed by atoms with Crippen molar-refractivity contribution in [1.29, 1.82) is 0 Å². The number of carbonyl (C=O) groups is 2. The molecular formula is C18H20N2O3Sn. The van der Waals surface area contributed by atoms with Crippen molar-refractivity contribution in [3.05, 3.63) is 42.0 Å². The van der Waals surface area contributed by atoms with Crippen LogP contribution in [-0.4, -0.2) is 36.7 Å². The number of carbonyl (C=O) groups excluding carboxylic acids is 2. The van der Waals surface area contributed by atoms with E-state index in [-0.39, 0.29) is 12.5 Å². The third-order valence-electron chi connectivity index (χ3n) is 4.01. The van der Waals surface area contributed by atoms with Gasteiger partial charge in [0.15, 0.2) is 0 Å². The normalized spacial score (nSPS) is 11.8. The van der Waals surface area contributed by atoms with Gasteiger partial charge >= 0.3 is 144 Å². The van der Waals surface area contributed by atoms with Crippen LogP contribution >= 0.6 is 0 Å². The van der Waals surface area contributed by atoms with Gasteiger partial charge in [0, 0.05) is 0 Å². The summed E-state index contributed by atoms with van der Waals surface area (Å²) < 4.78 is 7.16. The van der Waals surface area contributed by atoms with Gasteiger partial charge in [-0.05, 0) is 0 Å². The molecule has 3 aromatic rings. The predicted molar refractivity (Wildman–Crippen MR) is 98.2 cm³/mol. The summed E-state index contributed by atoms with van der Waals surface area (Å²) in [7, 11) is 0. The zero-order valence-corrected chi connectivity index (χ0v) is 16.8. The maximum atomic E-state index is 12.6. The number of rotatable bonds is 4. The second kappa shape index (κ2) is 6.12. The van der Waals surface area contributed by atoms with Crippen LogP contribution in [0.15, 0.2) is 40.8 Å². The molecule has 0 aliphatic rings. The molecule has 0 aliphatic heterocycles.